The van der Waals surface area contributed by atoms with Crippen molar-refractivity contribution in [2.75, 3.05) is 53.5 Å². The van der Waals surface area contributed by atoms with Crippen LogP contribution >= 0.6 is 0 Å². The van der Waals surface area contributed by atoms with E-state index in [2.05, 4.69) is 30.7 Å². The number of nitrogens with two attached hydrogens (primary N) is 1. The maximum absolute atomic E-state index is 5.88. The molecule has 0 spiro atoms. The number of ether oxygens (including phenoxy) is 1. The lowest BCUT2D eigenvalue weighted by Crippen LogP contribution is -2.41. The Bertz CT molecular complexity index is 140. The van der Waals surface area contributed by atoms with E-state index in [0.29, 0.717) is 6.61 Å². The highest BCUT2D eigenvalue weighted by molar-refractivity contribution is 4.66. The van der Waals surface area contributed by atoms with Gasteiger partial charge in [-0.2, -0.15) is 0 Å². The number of nitrogens with zero attached hydrogens (tertiary/aromatic N) is 2. The monoisotopic (exact) mass is 217 g/mol. The lowest BCUT2D eigenvalue weighted by atomic mass is 10.3. The zero-order valence-electron chi connectivity index (χ0n) is 10.7. The summed E-state index contributed by atoms with van der Waals surface area (Å²) in [5.74, 6) is 0. The molecule has 4 nitrogen and oxygen atoms in total. The van der Waals surface area contributed by atoms with Gasteiger partial charge in [-0.05, 0) is 20.1 Å². The number of hydrogen-bond donors (Lipinski definition) is 1. The summed E-state index contributed by atoms with van der Waals surface area (Å²) in [6.07, 6.45) is 0. The molecule has 1 atom stereocenters. The first-order valence-electron chi connectivity index (χ1n) is 5.79. The van der Waals surface area contributed by atoms with E-state index < -0.39 is 0 Å². The predicted molar refractivity (Wildman–Crippen MR) is 65.1 cm³/mol. The van der Waals surface area contributed by atoms with Gasteiger partial charge in [0.2, 0.25) is 0 Å². The van der Waals surface area contributed by atoms with E-state index in [1.54, 1.807) is 7.11 Å². The standard InChI is InChI=1S/C11H27N3O/c1-5-14(6-2)8-7-13(3)9-11(12)10-15-4/h11H,5-10,12H2,1-4H3. The van der Waals surface area contributed by atoms with Crippen molar-refractivity contribution < 1.29 is 4.74 Å². The molecule has 0 rings (SSSR count). The Kier molecular flexibility index (Phi) is 9.00. The lowest BCUT2D eigenvalue weighted by Gasteiger charge is -2.24. The Morgan fingerprint density at radius 2 is 1.80 bits per heavy atom. The van der Waals surface area contributed by atoms with Crippen molar-refractivity contribution >= 4 is 0 Å². The lowest BCUT2D eigenvalue weighted by molar-refractivity contribution is 0.156. The number of methoxy groups -OCH3 is 1. The maximum Gasteiger partial charge on any atom is 0.0626 e. The third kappa shape index (κ3) is 7.73. The molecule has 1 unspecified atom stereocenters. The number of likely N-dealkylation sites (N-methyl/N-ethyl adjacent to an activating group) is 2. The summed E-state index contributed by atoms with van der Waals surface area (Å²) in [4.78, 5) is 4.68. The molecule has 0 saturated heterocycles. The fourth-order valence-electron chi connectivity index (χ4n) is 1.61. The van der Waals surface area contributed by atoms with Crippen molar-refractivity contribution in [3.05, 3.63) is 0 Å². The van der Waals surface area contributed by atoms with Crippen molar-refractivity contribution in [2.24, 2.45) is 5.73 Å². The molecular weight excluding hydrogens is 190 g/mol. The normalized spacial score (nSPS) is 13.8. The highest BCUT2D eigenvalue weighted by Gasteiger charge is 2.07. The maximum atomic E-state index is 5.88. The van der Waals surface area contributed by atoms with E-state index >= 15 is 0 Å². The molecule has 0 radical (unpaired) electrons. The van der Waals surface area contributed by atoms with Crippen LogP contribution in [0.2, 0.25) is 0 Å². The molecule has 0 aromatic carbocycles. The highest BCUT2D eigenvalue weighted by atomic mass is 16.5. The summed E-state index contributed by atoms with van der Waals surface area (Å²) in [6, 6.07) is 0.122. The summed E-state index contributed by atoms with van der Waals surface area (Å²) in [6.45, 7) is 10.3. The third-order valence-corrected chi connectivity index (χ3v) is 2.62. The van der Waals surface area contributed by atoms with Crippen LogP contribution < -0.4 is 5.73 Å². The summed E-state index contributed by atoms with van der Waals surface area (Å²) in [5, 5.41) is 0. The Labute approximate surface area is 94.4 Å². The van der Waals surface area contributed by atoms with Gasteiger partial charge in [0.25, 0.3) is 0 Å². The molecule has 0 aliphatic heterocycles. The van der Waals surface area contributed by atoms with Crippen molar-refractivity contribution in [3.63, 3.8) is 0 Å². The summed E-state index contributed by atoms with van der Waals surface area (Å²) >= 11 is 0. The van der Waals surface area contributed by atoms with Gasteiger partial charge >= 0.3 is 0 Å². The Hall–Kier alpha value is -0.160. The van der Waals surface area contributed by atoms with Crippen LogP contribution in [0.25, 0.3) is 0 Å². The average molecular weight is 217 g/mol. The fourth-order valence-corrected chi connectivity index (χ4v) is 1.61. The van der Waals surface area contributed by atoms with Crippen molar-refractivity contribution in [3.8, 4) is 0 Å². The van der Waals surface area contributed by atoms with Crippen LogP contribution in [0.1, 0.15) is 13.8 Å². The largest absolute Gasteiger partial charge is 0.383 e. The van der Waals surface area contributed by atoms with E-state index in [0.717, 1.165) is 32.7 Å². The Balaban J connectivity index is 3.59. The van der Waals surface area contributed by atoms with Gasteiger partial charge in [0.1, 0.15) is 0 Å². The van der Waals surface area contributed by atoms with Gasteiger partial charge in [0, 0.05) is 32.8 Å². The van der Waals surface area contributed by atoms with Gasteiger partial charge < -0.3 is 20.3 Å². The van der Waals surface area contributed by atoms with Crippen molar-refractivity contribution in [1.29, 1.82) is 0 Å². The van der Waals surface area contributed by atoms with Gasteiger partial charge in [-0.3, -0.25) is 0 Å². The van der Waals surface area contributed by atoms with Crippen molar-refractivity contribution in [1.82, 2.24) is 9.80 Å². The molecule has 2 N–H and O–H groups in total. The fraction of sp³-hybridized carbons (Fsp3) is 1.00. The molecule has 0 fully saturated rings. The first-order chi connectivity index (χ1) is 7.13. The van der Waals surface area contributed by atoms with Crippen LogP contribution in [-0.4, -0.2) is 69.3 Å². The molecular formula is C11H27N3O. The van der Waals surface area contributed by atoms with Crippen LogP contribution in [0.15, 0.2) is 0 Å². The molecule has 0 heterocycles. The molecule has 0 aromatic heterocycles. The van der Waals surface area contributed by atoms with E-state index in [1.807, 2.05) is 0 Å². The summed E-state index contributed by atoms with van der Waals surface area (Å²) in [5.41, 5.74) is 5.88. The van der Waals surface area contributed by atoms with Crippen LogP contribution in [0, 0.1) is 0 Å². The number of rotatable bonds is 9. The minimum atomic E-state index is 0.122. The smallest absolute Gasteiger partial charge is 0.0626 e. The molecule has 4 heteroatoms. The first kappa shape index (κ1) is 14.8. The summed E-state index contributed by atoms with van der Waals surface area (Å²) in [7, 11) is 3.80. The predicted octanol–water partition coefficient (Wildman–Crippen LogP) is 0.234. The molecule has 0 aromatic rings. The number of hydrogen-bond acceptors (Lipinski definition) is 4. The molecule has 0 saturated carbocycles. The topological polar surface area (TPSA) is 41.7 Å². The summed E-state index contributed by atoms with van der Waals surface area (Å²) < 4.78 is 5.01. The Morgan fingerprint density at radius 3 is 2.27 bits per heavy atom. The van der Waals surface area contributed by atoms with Gasteiger partial charge in [0.05, 0.1) is 6.61 Å². The van der Waals surface area contributed by atoms with Crippen LogP contribution in [0.3, 0.4) is 0 Å². The highest BCUT2D eigenvalue weighted by Crippen LogP contribution is 1.91. The van der Waals surface area contributed by atoms with Crippen LogP contribution in [0.5, 0.6) is 0 Å². The zero-order chi connectivity index (χ0) is 11.7. The SMILES string of the molecule is CCN(CC)CCN(C)CC(N)COC. The molecule has 0 bridgehead atoms. The molecule has 15 heavy (non-hydrogen) atoms. The second-order valence-electron chi connectivity index (χ2n) is 4.00. The van der Waals surface area contributed by atoms with Crippen molar-refractivity contribution in [2.45, 2.75) is 19.9 Å². The van der Waals surface area contributed by atoms with E-state index in [9.17, 15) is 0 Å². The van der Waals surface area contributed by atoms with Gasteiger partial charge in [-0.25, -0.2) is 0 Å². The second kappa shape index (κ2) is 9.09. The first-order valence-corrected chi connectivity index (χ1v) is 5.79. The van der Waals surface area contributed by atoms with Gasteiger partial charge in [-0.15, -0.1) is 0 Å². The quantitative estimate of drug-likeness (QED) is 0.600. The van der Waals surface area contributed by atoms with Gasteiger partial charge in [0.15, 0.2) is 0 Å². The van der Waals surface area contributed by atoms with Crippen LogP contribution in [0.4, 0.5) is 0 Å². The van der Waals surface area contributed by atoms with Crippen LogP contribution in [-0.2, 0) is 4.74 Å². The third-order valence-electron chi connectivity index (χ3n) is 2.62. The van der Waals surface area contributed by atoms with E-state index in [4.69, 9.17) is 10.5 Å². The minimum Gasteiger partial charge on any atom is -0.383 e. The zero-order valence-corrected chi connectivity index (χ0v) is 10.7. The molecule has 0 amide bonds. The molecule has 0 aliphatic rings. The molecule has 0 aliphatic carbocycles. The van der Waals surface area contributed by atoms with Gasteiger partial charge in [-0.1, -0.05) is 13.8 Å². The molecule has 92 valence electrons. The Morgan fingerprint density at radius 1 is 1.20 bits per heavy atom. The second-order valence-corrected chi connectivity index (χ2v) is 4.00. The average Bonchev–Trinajstić information content (AvgIpc) is 2.19. The van der Waals surface area contributed by atoms with E-state index in [1.165, 1.54) is 0 Å². The minimum absolute atomic E-state index is 0.122. The van der Waals surface area contributed by atoms with E-state index in [-0.39, 0.29) is 6.04 Å².